The molecule has 7 heteroatoms. The number of nitrogens with one attached hydrogen (secondary N) is 2. The zero-order valence-electron chi connectivity index (χ0n) is 11.9. The number of hydrogen-bond donors (Lipinski definition) is 2. The number of carbonyl (C=O) groups is 1. The predicted molar refractivity (Wildman–Crippen MR) is 80.9 cm³/mol. The quantitative estimate of drug-likeness (QED) is 0.858. The third kappa shape index (κ3) is 5.11. The van der Waals surface area contributed by atoms with Gasteiger partial charge in [0.1, 0.15) is 10.8 Å². The van der Waals surface area contributed by atoms with Crippen LogP contribution >= 0.6 is 11.3 Å². The van der Waals surface area contributed by atoms with Gasteiger partial charge in [0.25, 0.3) is 0 Å². The molecule has 1 amide bonds. The largest absolute Gasteiger partial charge is 0.352 e. The van der Waals surface area contributed by atoms with Gasteiger partial charge in [0.15, 0.2) is 0 Å². The zero-order valence-corrected chi connectivity index (χ0v) is 12.7. The number of amides is 1. The highest BCUT2D eigenvalue weighted by Crippen LogP contribution is 2.18. The van der Waals surface area contributed by atoms with E-state index in [1.165, 1.54) is 23.5 Å². The smallest absolute Gasteiger partial charge is 0.239 e. The molecule has 0 spiro atoms. The summed E-state index contributed by atoms with van der Waals surface area (Å²) in [7, 11) is 0. The van der Waals surface area contributed by atoms with Crippen LogP contribution in [-0.4, -0.2) is 28.7 Å². The Kier molecular flexibility index (Phi) is 5.21. The Labute approximate surface area is 126 Å². The maximum absolute atomic E-state index is 12.8. The SMILES string of the molecule is CC(C)NC(=O)CNc1nnc(Cc2ccc(F)cc2)s1. The molecule has 0 saturated carbocycles. The Bertz CT molecular complexity index is 597. The van der Waals surface area contributed by atoms with Gasteiger partial charge >= 0.3 is 0 Å². The Balaban J connectivity index is 1.86. The van der Waals surface area contributed by atoms with Gasteiger partial charge in [0, 0.05) is 12.5 Å². The van der Waals surface area contributed by atoms with Crippen molar-refractivity contribution >= 4 is 22.4 Å². The van der Waals surface area contributed by atoms with Crippen LogP contribution < -0.4 is 10.6 Å². The number of anilines is 1. The molecule has 0 aliphatic heterocycles. The fourth-order valence-electron chi connectivity index (χ4n) is 1.70. The summed E-state index contributed by atoms with van der Waals surface area (Å²) in [6.07, 6.45) is 0.595. The van der Waals surface area contributed by atoms with E-state index < -0.39 is 0 Å². The molecule has 0 unspecified atom stereocenters. The molecule has 1 aromatic heterocycles. The minimum absolute atomic E-state index is 0.0831. The summed E-state index contributed by atoms with van der Waals surface area (Å²) in [5, 5.41) is 15.2. The van der Waals surface area contributed by atoms with Crippen molar-refractivity contribution in [1.29, 1.82) is 0 Å². The van der Waals surface area contributed by atoms with Crippen LogP contribution in [0.1, 0.15) is 24.4 Å². The number of rotatable bonds is 6. The summed E-state index contributed by atoms with van der Waals surface area (Å²) in [5.74, 6) is -0.338. The van der Waals surface area contributed by atoms with Crippen LogP contribution in [0, 0.1) is 5.82 Å². The molecule has 0 aliphatic rings. The molecular formula is C14H17FN4OS. The van der Waals surface area contributed by atoms with Crippen LogP contribution in [0.4, 0.5) is 9.52 Å². The van der Waals surface area contributed by atoms with E-state index >= 15 is 0 Å². The third-order valence-electron chi connectivity index (χ3n) is 2.59. The molecule has 0 bridgehead atoms. The lowest BCUT2D eigenvalue weighted by atomic mass is 10.2. The summed E-state index contributed by atoms with van der Waals surface area (Å²) in [5.41, 5.74) is 0.969. The maximum atomic E-state index is 12.8. The Morgan fingerprint density at radius 3 is 2.67 bits per heavy atom. The van der Waals surface area contributed by atoms with E-state index in [0.29, 0.717) is 11.6 Å². The molecule has 1 heterocycles. The molecule has 2 N–H and O–H groups in total. The highest BCUT2D eigenvalue weighted by Gasteiger charge is 2.07. The van der Waals surface area contributed by atoms with Gasteiger partial charge in [0.2, 0.25) is 11.0 Å². The van der Waals surface area contributed by atoms with Crippen LogP contribution in [0.15, 0.2) is 24.3 Å². The number of aromatic nitrogens is 2. The van der Waals surface area contributed by atoms with E-state index in [-0.39, 0.29) is 24.3 Å². The summed E-state index contributed by atoms with van der Waals surface area (Å²) in [6, 6.07) is 6.40. The second kappa shape index (κ2) is 7.12. The van der Waals surface area contributed by atoms with E-state index in [1.807, 2.05) is 13.8 Å². The van der Waals surface area contributed by atoms with Gasteiger partial charge in [0.05, 0.1) is 6.54 Å². The molecule has 2 aromatic rings. The average Bonchev–Trinajstić information content (AvgIpc) is 2.86. The second-order valence-electron chi connectivity index (χ2n) is 4.88. The Morgan fingerprint density at radius 2 is 2.00 bits per heavy atom. The first-order valence-electron chi connectivity index (χ1n) is 6.63. The molecule has 0 fully saturated rings. The van der Waals surface area contributed by atoms with Crippen LogP contribution in [0.2, 0.25) is 0 Å². The van der Waals surface area contributed by atoms with Gasteiger partial charge in [-0.25, -0.2) is 4.39 Å². The van der Waals surface area contributed by atoms with E-state index in [9.17, 15) is 9.18 Å². The van der Waals surface area contributed by atoms with Crippen molar-refractivity contribution in [1.82, 2.24) is 15.5 Å². The molecule has 112 valence electrons. The highest BCUT2D eigenvalue weighted by molar-refractivity contribution is 7.15. The molecule has 2 rings (SSSR count). The van der Waals surface area contributed by atoms with E-state index in [2.05, 4.69) is 20.8 Å². The van der Waals surface area contributed by atoms with E-state index in [4.69, 9.17) is 0 Å². The lowest BCUT2D eigenvalue weighted by Gasteiger charge is -2.07. The summed E-state index contributed by atoms with van der Waals surface area (Å²) >= 11 is 1.39. The number of hydrogen-bond acceptors (Lipinski definition) is 5. The number of halogens is 1. The molecule has 0 saturated heterocycles. The highest BCUT2D eigenvalue weighted by atomic mass is 32.1. The summed E-state index contributed by atoms with van der Waals surface area (Å²) < 4.78 is 12.8. The van der Waals surface area contributed by atoms with Gasteiger partial charge in [-0.3, -0.25) is 4.79 Å². The minimum Gasteiger partial charge on any atom is -0.352 e. The van der Waals surface area contributed by atoms with Crippen molar-refractivity contribution in [3.63, 3.8) is 0 Å². The Hall–Kier alpha value is -2.02. The van der Waals surface area contributed by atoms with Gasteiger partial charge < -0.3 is 10.6 Å². The predicted octanol–water partition coefficient (Wildman–Crippen LogP) is 2.20. The lowest BCUT2D eigenvalue weighted by molar-refractivity contribution is -0.119. The molecular weight excluding hydrogens is 291 g/mol. The number of carbonyl (C=O) groups excluding carboxylic acids is 1. The van der Waals surface area contributed by atoms with Gasteiger partial charge in [-0.15, -0.1) is 10.2 Å². The molecule has 0 radical (unpaired) electrons. The minimum atomic E-state index is -0.255. The van der Waals surface area contributed by atoms with Crippen molar-refractivity contribution in [2.75, 3.05) is 11.9 Å². The first kappa shape index (κ1) is 15.4. The van der Waals surface area contributed by atoms with E-state index in [1.54, 1.807) is 12.1 Å². The van der Waals surface area contributed by atoms with E-state index in [0.717, 1.165) is 10.6 Å². The fraction of sp³-hybridized carbons (Fsp3) is 0.357. The Morgan fingerprint density at radius 1 is 1.29 bits per heavy atom. The standard InChI is InChI=1S/C14H17FN4OS/c1-9(2)17-12(20)8-16-14-19-18-13(21-14)7-10-3-5-11(15)6-4-10/h3-6,9H,7-8H2,1-2H3,(H,16,19)(H,17,20). The van der Waals surface area contributed by atoms with Crippen LogP contribution in [0.25, 0.3) is 0 Å². The number of nitrogens with zero attached hydrogens (tertiary/aromatic N) is 2. The summed E-state index contributed by atoms with van der Waals surface area (Å²) in [6.45, 7) is 3.98. The van der Waals surface area contributed by atoms with Gasteiger partial charge in [-0.1, -0.05) is 23.5 Å². The second-order valence-corrected chi connectivity index (χ2v) is 5.94. The third-order valence-corrected chi connectivity index (χ3v) is 3.47. The number of benzene rings is 1. The molecule has 0 atom stereocenters. The van der Waals surface area contributed by atoms with Crippen molar-refractivity contribution < 1.29 is 9.18 Å². The van der Waals surface area contributed by atoms with Crippen molar-refractivity contribution in [2.45, 2.75) is 26.3 Å². The lowest BCUT2D eigenvalue weighted by Crippen LogP contribution is -2.34. The van der Waals surface area contributed by atoms with Crippen molar-refractivity contribution in [2.24, 2.45) is 0 Å². The average molecular weight is 308 g/mol. The first-order chi connectivity index (χ1) is 10.0. The van der Waals surface area contributed by atoms with Crippen LogP contribution in [0.5, 0.6) is 0 Å². The normalized spacial score (nSPS) is 10.7. The zero-order chi connectivity index (χ0) is 15.2. The van der Waals surface area contributed by atoms with Gasteiger partial charge in [-0.05, 0) is 31.5 Å². The molecule has 5 nitrogen and oxygen atoms in total. The van der Waals surface area contributed by atoms with Gasteiger partial charge in [-0.2, -0.15) is 0 Å². The molecule has 21 heavy (non-hydrogen) atoms. The maximum Gasteiger partial charge on any atom is 0.239 e. The van der Waals surface area contributed by atoms with Crippen molar-refractivity contribution in [3.8, 4) is 0 Å². The molecule has 0 aliphatic carbocycles. The summed E-state index contributed by atoms with van der Waals surface area (Å²) in [4.78, 5) is 11.5. The van der Waals surface area contributed by atoms with Crippen LogP contribution in [0.3, 0.4) is 0 Å². The fourth-order valence-corrected chi connectivity index (χ4v) is 2.47. The monoisotopic (exact) mass is 308 g/mol. The first-order valence-corrected chi connectivity index (χ1v) is 7.44. The topological polar surface area (TPSA) is 66.9 Å². The van der Waals surface area contributed by atoms with Crippen LogP contribution in [-0.2, 0) is 11.2 Å². The molecule has 1 aromatic carbocycles. The van der Waals surface area contributed by atoms with Crippen molar-refractivity contribution in [3.05, 3.63) is 40.7 Å².